The Labute approximate surface area is 183 Å². The van der Waals surface area contributed by atoms with Crippen LogP contribution in [0.3, 0.4) is 0 Å². The molecule has 1 heterocycles. The number of hydrogen-bond acceptors (Lipinski definition) is 4. The molecule has 3 saturated carbocycles. The van der Waals surface area contributed by atoms with Crippen molar-refractivity contribution < 1.29 is 13.2 Å². The van der Waals surface area contributed by atoms with Gasteiger partial charge in [-0.15, -0.1) is 0 Å². The summed E-state index contributed by atoms with van der Waals surface area (Å²) < 4.78 is 27.6. The summed E-state index contributed by atoms with van der Waals surface area (Å²) in [4.78, 5) is 13.7. The molecule has 31 heavy (non-hydrogen) atoms. The summed E-state index contributed by atoms with van der Waals surface area (Å²) in [5.41, 5.74) is 2.32. The van der Waals surface area contributed by atoms with Crippen molar-refractivity contribution in [3.63, 3.8) is 0 Å². The molecule has 0 bridgehead atoms. The predicted octanol–water partition coefficient (Wildman–Crippen LogP) is 4.45. The predicted molar refractivity (Wildman–Crippen MR) is 120 cm³/mol. The van der Waals surface area contributed by atoms with Crippen LogP contribution in [0.1, 0.15) is 68.4 Å². The summed E-state index contributed by atoms with van der Waals surface area (Å²) in [5, 5.41) is 6.96. The van der Waals surface area contributed by atoms with Crippen molar-refractivity contribution in [3.8, 4) is 0 Å². The van der Waals surface area contributed by atoms with Crippen LogP contribution in [0, 0.1) is 5.92 Å². The topological polar surface area (TPSA) is 81.1 Å². The van der Waals surface area contributed by atoms with Crippen LogP contribution in [0.25, 0.3) is 5.57 Å². The lowest BCUT2D eigenvalue weighted by Gasteiger charge is -2.15. The molecule has 164 valence electrons. The molecule has 3 aliphatic carbocycles. The molecule has 0 atom stereocenters. The van der Waals surface area contributed by atoms with Gasteiger partial charge in [-0.2, -0.15) is 5.10 Å². The Kier molecular flexibility index (Phi) is 5.24. The molecule has 5 rings (SSSR count). The second kappa shape index (κ2) is 7.93. The normalized spacial score (nSPS) is 20.2. The van der Waals surface area contributed by atoms with Gasteiger partial charge in [0.05, 0.1) is 10.1 Å². The van der Waals surface area contributed by atoms with E-state index >= 15 is 0 Å². The SMILES string of the molecule is Cn1ccc(NC(=O)/C(=C/C2CCCC2)c2ccc(S(=O)(=O)C3CC3)c(C3CC3)c2)n1. The summed E-state index contributed by atoms with van der Waals surface area (Å²) in [5.74, 6) is 0.990. The number of sulfone groups is 1. The Morgan fingerprint density at radius 2 is 1.84 bits per heavy atom. The third-order valence-electron chi connectivity index (χ3n) is 6.61. The van der Waals surface area contributed by atoms with Crippen LogP contribution in [0.4, 0.5) is 5.82 Å². The molecule has 1 aromatic carbocycles. The van der Waals surface area contributed by atoms with Gasteiger partial charge in [-0.3, -0.25) is 9.48 Å². The maximum Gasteiger partial charge on any atom is 0.257 e. The van der Waals surface area contributed by atoms with Crippen LogP contribution < -0.4 is 5.32 Å². The molecule has 1 amide bonds. The molecule has 0 spiro atoms. The third-order valence-corrected chi connectivity index (χ3v) is 8.94. The van der Waals surface area contributed by atoms with Crippen LogP contribution in [0.2, 0.25) is 0 Å². The van der Waals surface area contributed by atoms with Gasteiger partial charge >= 0.3 is 0 Å². The first-order valence-electron chi connectivity index (χ1n) is 11.3. The average molecular weight is 440 g/mol. The first kappa shape index (κ1) is 20.5. The molecule has 0 saturated heterocycles. The largest absolute Gasteiger partial charge is 0.305 e. The highest BCUT2D eigenvalue weighted by Crippen LogP contribution is 2.46. The van der Waals surface area contributed by atoms with Gasteiger partial charge in [0.25, 0.3) is 5.91 Å². The van der Waals surface area contributed by atoms with Gasteiger partial charge in [0.2, 0.25) is 0 Å². The summed E-state index contributed by atoms with van der Waals surface area (Å²) in [6.45, 7) is 0. The van der Waals surface area contributed by atoms with Crippen LogP contribution in [-0.2, 0) is 21.7 Å². The summed E-state index contributed by atoms with van der Waals surface area (Å²) in [7, 11) is -1.45. The van der Waals surface area contributed by atoms with Crippen LogP contribution in [0.15, 0.2) is 41.4 Å². The Balaban J connectivity index is 1.52. The fraction of sp³-hybridized carbons (Fsp3) is 0.500. The lowest BCUT2D eigenvalue weighted by atomic mass is 9.96. The number of allylic oxidation sites excluding steroid dienone is 1. The molecular formula is C24H29N3O3S. The van der Waals surface area contributed by atoms with E-state index in [9.17, 15) is 13.2 Å². The summed E-state index contributed by atoms with van der Waals surface area (Å²) in [6.07, 6.45) is 12.0. The molecular weight excluding hydrogens is 410 g/mol. The quantitative estimate of drug-likeness (QED) is 0.647. The zero-order chi connectivity index (χ0) is 21.6. The average Bonchev–Trinajstić information content (AvgIpc) is 3.67. The smallest absolute Gasteiger partial charge is 0.257 e. The van der Waals surface area contributed by atoms with E-state index in [0.717, 1.165) is 49.7 Å². The van der Waals surface area contributed by atoms with Crippen LogP contribution in [-0.4, -0.2) is 29.4 Å². The lowest BCUT2D eigenvalue weighted by molar-refractivity contribution is -0.111. The number of benzene rings is 1. The third kappa shape index (κ3) is 4.33. The monoisotopic (exact) mass is 439 g/mol. The number of nitrogens with zero attached hydrogens (tertiary/aromatic N) is 2. The maximum absolute atomic E-state index is 13.3. The van der Waals surface area contributed by atoms with E-state index < -0.39 is 9.84 Å². The summed E-state index contributed by atoms with van der Waals surface area (Å²) >= 11 is 0. The molecule has 0 unspecified atom stereocenters. The van der Waals surface area contributed by atoms with E-state index in [4.69, 9.17) is 0 Å². The van der Waals surface area contributed by atoms with Gasteiger partial charge in [0, 0.05) is 24.9 Å². The highest BCUT2D eigenvalue weighted by Gasteiger charge is 2.40. The van der Waals surface area contributed by atoms with Crippen molar-refractivity contribution in [2.45, 2.75) is 67.4 Å². The van der Waals surface area contributed by atoms with Crippen molar-refractivity contribution in [1.82, 2.24) is 9.78 Å². The molecule has 1 aromatic heterocycles. The number of rotatable bonds is 7. The number of aryl methyl sites for hydroxylation is 1. The van der Waals surface area contributed by atoms with E-state index in [0.29, 0.717) is 22.2 Å². The Morgan fingerprint density at radius 1 is 1.10 bits per heavy atom. The number of anilines is 1. The number of carbonyl (C=O) groups is 1. The minimum Gasteiger partial charge on any atom is -0.305 e. The Morgan fingerprint density at radius 3 is 2.45 bits per heavy atom. The zero-order valence-electron chi connectivity index (χ0n) is 17.9. The van der Waals surface area contributed by atoms with Crippen molar-refractivity contribution in [2.24, 2.45) is 13.0 Å². The van der Waals surface area contributed by atoms with E-state index in [1.54, 1.807) is 23.0 Å². The highest BCUT2D eigenvalue weighted by atomic mass is 32.2. The van der Waals surface area contributed by atoms with Gasteiger partial charge in [-0.25, -0.2) is 8.42 Å². The molecule has 1 N–H and O–H groups in total. The van der Waals surface area contributed by atoms with Crippen molar-refractivity contribution in [3.05, 3.63) is 47.7 Å². The van der Waals surface area contributed by atoms with Gasteiger partial charge in [-0.05, 0) is 73.6 Å². The van der Waals surface area contributed by atoms with Crippen molar-refractivity contribution in [1.29, 1.82) is 0 Å². The number of hydrogen-bond donors (Lipinski definition) is 1. The molecule has 2 aromatic rings. The molecule has 3 aliphatic rings. The van der Waals surface area contributed by atoms with Gasteiger partial charge in [0.1, 0.15) is 0 Å². The molecule has 6 nitrogen and oxygen atoms in total. The van der Waals surface area contributed by atoms with E-state index in [2.05, 4.69) is 16.5 Å². The first-order valence-corrected chi connectivity index (χ1v) is 12.9. The van der Waals surface area contributed by atoms with Gasteiger partial charge < -0.3 is 5.32 Å². The second-order valence-corrected chi connectivity index (χ2v) is 11.4. The minimum atomic E-state index is -3.27. The van der Waals surface area contributed by atoms with Crippen molar-refractivity contribution in [2.75, 3.05) is 5.32 Å². The molecule has 0 radical (unpaired) electrons. The molecule has 3 fully saturated rings. The fourth-order valence-electron chi connectivity index (χ4n) is 4.57. The van der Waals surface area contributed by atoms with Gasteiger partial charge in [0.15, 0.2) is 15.7 Å². The van der Waals surface area contributed by atoms with E-state index in [1.807, 2.05) is 19.2 Å². The zero-order valence-corrected chi connectivity index (χ0v) is 18.7. The maximum atomic E-state index is 13.3. The summed E-state index contributed by atoms with van der Waals surface area (Å²) in [6, 6.07) is 7.30. The molecule has 7 heteroatoms. The Hall–Kier alpha value is -2.41. The minimum absolute atomic E-state index is 0.190. The standard InChI is InChI=1S/C24H29N3O3S/c1-27-13-12-23(26-27)25-24(28)21(14-16-4-2-3-5-16)18-8-11-22(20(15-18)17-6-7-17)31(29,30)19-9-10-19/h8,11-17,19H,2-7,9-10H2,1H3,(H,25,26,28)/b21-14+. The number of amides is 1. The van der Waals surface area contributed by atoms with Crippen molar-refractivity contribution >= 4 is 27.1 Å². The number of aromatic nitrogens is 2. The molecule has 0 aliphatic heterocycles. The van der Waals surface area contributed by atoms with Crippen LogP contribution >= 0.6 is 0 Å². The van der Waals surface area contributed by atoms with E-state index in [1.165, 1.54) is 12.8 Å². The Bertz CT molecular complexity index is 1130. The second-order valence-electron chi connectivity index (χ2n) is 9.22. The van der Waals surface area contributed by atoms with Crippen LogP contribution in [0.5, 0.6) is 0 Å². The highest BCUT2D eigenvalue weighted by molar-refractivity contribution is 7.92. The number of carbonyl (C=O) groups excluding carboxylic acids is 1. The van der Waals surface area contributed by atoms with E-state index in [-0.39, 0.29) is 17.1 Å². The lowest BCUT2D eigenvalue weighted by Crippen LogP contribution is -2.16. The first-order chi connectivity index (χ1) is 14.9. The number of nitrogens with one attached hydrogen (secondary N) is 1. The fourth-order valence-corrected chi connectivity index (χ4v) is 6.50. The van der Waals surface area contributed by atoms with Gasteiger partial charge in [-0.1, -0.05) is 25.0 Å².